The second-order valence-electron chi connectivity index (χ2n) is 3.98. The largest absolute Gasteiger partial charge is 0.416 e. The Morgan fingerprint density at radius 3 is 2.74 bits per heavy atom. The molecule has 2 rings (SSSR count). The zero-order chi connectivity index (χ0) is 13.9. The summed E-state index contributed by atoms with van der Waals surface area (Å²) in [6.07, 6.45) is -4.31. The zero-order valence-electron chi connectivity index (χ0n) is 10.3. The molecule has 104 valence electrons. The lowest BCUT2D eigenvalue weighted by atomic mass is 10.2. The summed E-state index contributed by atoms with van der Waals surface area (Å²) in [5.41, 5.74) is -0.0493. The number of likely N-dealkylation sites (N-methyl/N-ethyl adjacent to an activating group) is 1. The van der Waals surface area contributed by atoms with Crippen LogP contribution in [-0.4, -0.2) is 24.6 Å². The number of anilines is 1. The molecule has 0 amide bonds. The SMILES string of the molecule is CCNCCNc1nc2ccc(C(F)(F)F)cc2s1. The standard InChI is InChI=1S/C12H14F3N3S/c1-2-16-5-6-17-11-18-9-4-3-8(12(13,14)15)7-10(9)19-11/h3-4,7,16H,2,5-6H2,1H3,(H,17,18). The Morgan fingerprint density at radius 1 is 1.26 bits per heavy atom. The van der Waals surface area contributed by atoms with Crippen LogP contribution in [0.25, 0.3) is 10.2 Å². The Kier molecular flexibility index (Phi) is 4.26. The molecule has 0 fully saturated rings. The maximum absolute atomic E-state index is 12.6. The third-order valence-electron chi connectivity index (χ3n) is 2.54. The smallest absolute Gasteiger partial charge is 0.360 e. The monoisotopic (exact) mass is 289 g/mol. The first kappa shape index (κ1) is 14.1. The maximum atomic E-state index is 12.6. The highest BCUT2D eigenvalue weighted by Crippen LogP contribution is 2.34. The summed E-state index contributed by atoms with van der Waals surface area (Å²) in [7, 11) is 0. The van der Waals surface area contributed by atoms with Crippen molar-refractivity contribution in [3.05, 3.63) is 23.8 Å². The number of nitrogens with zero attached hydrogens (tertiary/aromatic N) is 1. The van der Waals surface area contributed by atoms with Crippen LogP contribution in [0.4, 0.5) is 18.3 Å². The molecule has 3 nitrogen and oxygen atoms in total. The van der Waals surface area contributed by atoms with E-state index in [1.165, 1.54) is 17.4 Å². The molecule has 0 spiro atoms. The molecule has 7 heteroatoms. The van der Waals surface area contributed by atoms with Crippen LogP contribution >= 0.6 is 11.3 Å². The number of hydrogen-bond donors (Lipinski definition) is 2. The zero-order valence-corrected chi connectivity index (χ0v) is 11.2. The Bertz CT molecular complexity index is 551. The van der Waals surface area contributed by atoms with Gasteiger partial charge in [0.2, 0.25) is 0 Å². The van der Waals surface area contributed by atoms with Gasteiger partial charge in [-0.05, 0) is 24.7 Å². The van der Waals surface area contributed by atoms with E-state index >= 15 is 0 Å². The molecule has 0 aliphatic heterocycles. The number of halogens is 3. The van der Waals surface area contributed by atoms with Crippen LogP contribution in [0.5, 0.6) is 0 Å². The fourth-order valence-electron chi connectivity index (χ4n) is 1.61. The number of thiazole rings is 1. The van der Waals surface area contributed by atoms with Crippen LogP contribution in [0.15, 0.2) is 18.2 Å². The van der Waals surface area contributed by atoms with E-state index in [1.807, 2.05) is 6.92 Å². The van der Waals surface area contributed by atoms with Crippen molar-refractivity contribution in [3.63, 3.8) is 0 Å². The molecular weight excluding hydrogens is 275 g/mol. The van der Waals surface area contributed by atoms with E-state index in [0.717, 1.165) is 25.2 Å². The van der Waals surface area contributed by atoms with Crippen molar-refractivity contribution in [3.8, 4) is 0 Å². The van der Waals surface area contributed by atoms with Gasteiger partial charge in [-0.1, -0.05) is 18.3 Å². The van der Waals surface area contributed by atoms with Gasteiger partial charge in [-0.15, -0.1) is 0 Å². The number of rotatable bonds is 5. The lowest BCUT2D eigenvalue weighted by Gasteiger charge is -2.04. The number of hydrogen-bond acceptors (Lipinski definition) is 4. The molecule has 1 aromatic carbocycles. The van der Waals surface area contributed by atoms with Crippen LogP contribution in [0, 0.1) is 0 Å². The highest BCUT2D eigenvalue weighted by atomic mass is 32.1. The predicted octanol–water partition coefficient (Wildman–Crippen LogP) is 3.34. The number of alkyl halides is 3. The first-order valence-corrected chi connectivity index (χ1v) is 6.74. The van der Waals surface area contributed by atoms with Gasteiger partial charge in [0, 0.05) is 13.1 Å². The van der Waals surface area contributed by atoms with Crippen LogP contribution < -0.4 is 10.6 Å². The van der Waals surface area contributed by atoms with E-state index < -0.39 is 11.7 Å². The fourth-order valence-corrected chi connectivity index (χ4v) is 2.54. The van der Waals surface area contributed by atoms with Crippen molar-refractivity contribution in [2.24, 2.45) is 0 Å². The highest BCUT2D eigenvalue weighted by molar-refractivity contribution is 7.22. The molecule has 0 aliphatic rings. The van der Waals surface area contributed by atoms with E-state index in [4.69, 9.17) is 0 Å². The van der Waals surface area contributed by atoms with Gasteiger partial charge in [0.25, 0.3) is 0 Å². The predicted molar refractivity (Wildman–Crippen MR) is 71.7 cm³/mol. The molecule has 2 aromatic rings. The molecule has 0 atom stereocenters. The first-order chi connectivity index (χ1) is 9.00. The molecule has 19 heavy (non-hydrogen) atoms. The summed E-state index contributed by atoms with van der Waals surface area (Å²) < 4.78 is 38.3. The van der Waals surface area contributed by atoms with Gasteiger partial charge in [0.05, 0.1) is 15.8 Å². The Morgan fingerprint density at radius 2 is 2.05 bits per heavy atom. The van der Waals surface area contributed by atoms with Gasteiger partial charge in [0.15, 0.2) is 5.13 Å². The van der Waals surface area contributed by atoms with E-state index in [0.29, 0.717) is 21.9 Å². The van der Waals surface area contributed by atoms with Gasteiger partial charge < -0.3 is 10.6 Å². The Hall–Kier alpha value is -1.34. The molecule has 2 N–H and O–H groups in total. The van der Waals surface area contributed by atoms with Crippen LogP contribution in [0.1, 0.15) is 12.5 Å². The molecule has 0 saturated heterocycles. The molecule has 0 radical (unpaired) electrons. The second kappa shape index (κ2) is 5.75. The molecule has 0 saturated carbocycles. The van der Waals surface area contributed by atoms with Gasteiger partial charge in [0.1, 0.15) is 0 Å². The molecule has 1 aromatic heterocycles. The number of nitrogens with one attached hydrogen (secondary N) is 2. The fraction of sp³-hybridized carbons (Fsp3) is 0.417. The van der Waals surface area contributed by atoms with Crippen molar-refractivity contribution in [1.82, 2.24) is 10.3 Å². The van der Waals surface area contributed by atoms with E-state index in [9.17, 15) is 13.2 Å². The summed E-state index contributed by atoms with van der Waals surface area (Å²) in [6, 6.07) is 3.61. The topological polar surface area (TPSA) is 37.0 Å². The Labute approximate surface area is 112 Å². The van der Waals surface area contributed by atoms with Gasteiger partial charge in [-0.3, -0.25) is 0 Å². The van der Waals surface area contributed by atoms with Crippen LogP contribution in [-0.2, 0) is 6.18 Å². The molecule has 0 unspecified atom stereocenters. The molecule has 0 bridgehead atoms. The van der Waals surface area contributed by atoms with Gasteiger partial charge in [-0.2, -0.15) is 13.2 Å². The normalized spacial score (nSPS) is 12.0. The van der Waals surface area contributed by atoms with Crippen molar-refractivity contribution in [2.75, 3.05) is 25.0 Å². The average molecular weight is 289 g/mol. The van der Waals surface area contributed by atoms with Gasteiger partial charge in [-0.25, -0.2) is 4.98 Å². The van der Waals surface area contributed by atoms with Crippen molar-refractivity contribution >= 4 is 26.7 Å². The quantitative estimate of drug-likeness (QED) is 0.829. The minimum atomic E-state index is -4.31. The van der Waals surface area contributed by atoms with E-state index in [1.54, 1.807) is 0 Å². The summed E-state index contributed by atoms with van der Waals surface area (Å²) in [6.45, 7) is 4.38. The first-order valence-electron chi connectivity index (χ1n) is 5.93. The van der Waals surface area contributed by atoms with Gasteiger partial charge >= 0.3 is 6.18 Å². The van der Waals surface area contributed by atoms with Crippen LogP contribution in [0.3, 0.4) is 0 Å². The second-order valence-corrected chi connectivity index (χ2v) is 5.01. The Balaban J connectivity index is 2.12. The molecule has 0 aliphatic carbocycles. The number of aromatic nitrogens is 1. The molecular formula is C12H14F3N3S. The maximum Gasteiger partial charge on any atom is 0.416 e. The lowest BCUT2D eigenvalue weighted by Crippen LogP contribution is -2.21. The lowest BCUT2D eigenvalue weighted by molar-refractivity contribution is -0.137. The summed E-state index contributed by atoms with van der Waals surface area (Å²) in [4.78, 5) is 4.25. The van der Waals surface area contributed by atoms with E-state index in [-0.39, 0.29) is 0 Å². The summed E-state index contributed by atoms with van der Waals surface area (Å²) >= 11 is 1.24. The number of benzene rings is 1. The minimum Gasteiger partial charge on any atom is -0.360 e. The molecule has 1 heterocycles. The van der Waals surface area contributed by atoms with E-state index in [2.05, 4.69) is 15.6 Å². The highest BCUT2D eigenvalue weighted by Gasteiger charge is 2.30. The minimum absolute atomic E-state index is 0.542. The van der Waals surface area contributed by atoms with Crippen molar-refractivity contribution < 1.29 is 13.2 Å². The summed E-state index contributed by atoms with van der Waals surface area (Å²) in [5, 5.41) is 6.88. The third-order valence-corrected chi connectivity index (χ3v) is 3.52. The van der Waals surface area contributed by atoms with Crippen molar-refractivity contribution in [1.29, 1.82) is 0 Å². The summed E-state index contributed by atoms with van der Waals surface area (Å²) in [5.74, 6) is 0. The van der Waals surface area contributed by atoms with Crippen LogP contribution in [0.2, 0.25) is 0 Å². The third kappa shape index (κ3) is 3.57. The average Bonchev–Trinajstić information content (AvgIpc) is 2.75. The number of fused-ring (bicyclic) bond motifs is 1. The van der Waals surface area contributed by atoms with Crippen molar-refractivity contribution in [2.45, 2.75) is 13.1 Å².